The van der Waals surface area contributed by atoms with Crippen LogP contribution in [0.15, 0.2) is 0 Å². The third kappa shape index (κ3) is 10.4. The van der Waals surface area contributed by atoms with Crippen molar-refractivity contribution in [2.24, 2.45) is 5.92 Å². The van der Waals surface area contributed by atoms with Crippen molar-refractivity contribution in [1.29, 1.82) is 0 Å². The number of nitrogens with one attached hydrogen (secondary N) is 1. The quantitative estimate of drug-likeness (QED) is 0.613. The second-order valence-electron chi connectivity index (χ2n) is 6.51. The minimum Gasteiger partial charge on any atom is -0.356 e. The zero-order valence-electron chi connectivity index (χ0n) is 15.8. The van der Waals surface area contributed by atoms with E-state index in [0.29, 0.717) is 13.0 Å². The predicted molar refractivity (Wildman–Crippen MR) is 97.3 cm³/mol. The number of likely N-dealkylation sites (tertiary alicyclic amines) is 1. The standard InChI is InChI=1S/C16H30N2O2.C3H8/c1-3-5-7-8-9-11-18-13-14(12-15(18)19)16(20)17-10-6-4-2;1-3-2/h14H,3-13H2,1-2H3,(H,17,20);3H2,1-2H3. The van der Waals surface area contributed by atoms with E-state index in [1.807, 2.05) is 4.90 Å². The molecule has 1 saturated heterocycles. The van der Waals surface area contributed by atoms with Gasteiger partial charge < -0.3 is 10.2 Å². The summed E-state index contributed by atoms with van der Waals surface area (Å²) in [7, 11) is 0. The predicted octanol–water partition coefficient (Wildman–Crippen LogP) is 4.14. The summed E-state index contributed by atoms with van der Waals surface area (Å²) in [5.41, 5.74) is 0. The molecule has 0 saturated carbocycles. The molecule has 0 aromatic rings. The molecule has 1 fully saturated rings. The number of rotatable bonds is 10. The lowest BCUT2D eigenvalue weighted by Crippen LogP contribution is -2.33. The number of nitrogens with zero attached hydrogens (tertiary/aromatic N) is 1. The molecule has 136 valence electrons. The Hall–Kier alpha value is -1.06. The first kappa shape index (κ1) is 21.9. The van der Waals surface area contributed by atoms with Crippen LogP contribution in [0, 0.1) is 5.92 Å². The molecule has 4 heteroatoms. The highest BCUT2D eigenvalue weighted by atomic mass is 16.2. The Morgan fingerprint density at radius 3 is 2.26 bits per heavy atom. The molecule has 0 aliphatic carbocycles. The van der Waals surface area contributed by atoms with Crippen molar-refractivity contribution in [2.45, 2.75) is 85.5 Å². The Morgan fingerprint density at radius 2 is 1.65 bits per heavy atom. The second-order valence-corrected chi connectivity index (χ2v) is 6.51. The van der Waals surface area contributed by atoms with Gasteiger partial charge in [-0.15, -0.1) is 0 Å². The number of carbonyl (C=O) groups excluding carboxylic acids is 2. The first-order valence-electron chi connectivity index (χ1n) is 9.66. The molecule has 23 heavy (non-hydrogen) atoms. The lowest BCUT2D eigenvalue weighted by atomic mass is 10.1. The van der Waals surface area contributed by atoms with E-state index in [2.05, 4.69) is 33.0 Å². The highest BCUT2D eigenvalue weighted by Crippen LogP contribution is 2.18. The molecule has 1 atom stereocenters. The molecule has 1 rings (SSSR count). The van der Waals surface area contributed by atoms with E-state index < -0.39 is 0 Å². The van der Waals surface area contributed by atoms with Gasteiger partial charge in [0, 0.05) is 26.1 Å². The van der Waals surface area contributed by atoms with Gasteiger partial charge in [-0.05, 0) is 12.8 Å². The van der Waals surface area contributed by atoms with Crippen molar-refractivity contribution >= 4 is 11.8 Å². The van der Waals surface area contributed by atoms with Crippen molar-refractivity contribution in [3.63, 3.8) is 0 Å². The lowest BCUT2D eigenvalue weighted by Gasteiger charge is -2.16. The topological polar surface area (TPSA) is 49.4 Å². The van der Waals surface area contributed by atoms with Gasteiger partial charge in [0.2, 0.25) is 11.8 Å². The molecular weight excluding hydrogens is 288 g/mol. The Balaban J connectivity index is 0.00000149. The summed E-state index contributed by atoms with van der Waals surface area (Å²) in [5, 5.41) is 2.93. The Bertz CT molecular complexity index is 318. The molecule has 1 heterocycles. The molecule has 4 nitrogen and oxygen atoms in total. The smallest absolute Gasteiger partial charge is 0.225 e. The fourth-order valence-electron chi connectivity index (χ4n) is 2.60. The van der Waals surface area contributed by atoms with E-state index in [0.717, 1.165) is 32.4 Å². The van der Waals surface area contributed by atoms with E-state index in [-0.39, 0.29) is 17.7 Å². The molecule has 0 aromatic carbocycles. The Labute approximate surface area is 143 Å². The largest absolute Gasteiger partial charge is 0.356 e. The summed E-state index contributed by atoms with van der Waals surface area (Å²) in [6, 6.07) is 0. The van der Waals surface area contributed by atoms with Gasteiger partial charge in [0.15, 0.2) is 0 Å². The van der Waals surface area contributed by atoms with Crippen LogP contribution in [0.25, 0.3) is 0 Å². The van der Waals surface area contributed by atoms with Gasteiger partial charge in [0.25, 0.3) is 0 Å². The van der Waals surface area contributed by atoms with E-state index in [1.165, 1.54) is 32.1 Å². The van der Waals surface area contributed by atoms with Crippen LogP contribution in [0.4, 0.5) is 0 Å². The van der Waals surface area contributed by atoms with Crippen LogP contribution in [0.1, 0.15) is 85.5 Å². The zero-order valence-corrected chi connectivity index (χ0v) is 15.8. The SMILES string of the molecule is CCC.CCCCCCCN1CC(C(=O)NCCCC)CC1=O. The minimum absolute atomic E-state index is 0.0558. The van der Waals surface area contributed by atoms with Crippen LogP contribution in [0.5, 0.6) is 0 Å². The summed E-state index contributed by atoms with van der Waals surface area (Å²) in [6.07, 6.45) is 9.74. The zero-order chi connectivity index (χ0) is 17.5. The van der Waals surface area contributed by atoms with Gasteiger partial charge in [0.05, 0.1) is 5.92 Å². The maximum absolute atomic E-state index is 11.9. The van der Waals surface area contributed by atoms with E-state index in [9.17, 15) is 9.59 Å². The average Bonchev–Trinajstić information content (AvgIpc) is 2.89. The molecule has 1 N–H and O–H groups in total. The average molecular weight is 327 g/mol. The Kier molecular flexibility index (Phi) is 13.9. The molecular formula is C19H38N2O2. The summed E-state index contributed by atoms with van der Waals surface area (Å²) < 4.78 is 0. The molecule has 0 radical (unpaired) electrons. The van der Waals surface area contributed by atoms with Crippen LogP contribution in [-0.4, -0.2) is 36.3 Å². The van der Waals surface area contributed by atoms with E-state index in [1.54, 1.807) is 0 Å². The lowest BCUT2D eigenvalue weighted by molar-refractivity contribution is -0.129. The Morgan fingerprint density at radius 1 is 1.04 bits per heavy atom. The van der Waals surface area contributed by atoms with Crippen LogP contribution >= 0.6 is 0 Å². The summed E-state index contributed by atoms with van der Waals surface area (Å²) in [6.45, 7) is 10.7. The maximum atomic E-state index is 11.9. The van der Waals surface area contributed by atoms with Gasteiger partial charge in [-0.3, -0.25) is 9.59 Å². The second kappa shape index (κ2) is 14.5. The first-order valence-corrected chi connectivity index (χ1v) is 9.66. The van der Waals surface area contributed by atoms with Crippen LogP contribution in [0.3, 0.4) is 0 Å². The van der Waals surface area contributed by atoms with Gasteiger partial charge in [-0.1, -0.05) is 66.2 Å². The van der Waals surface area contributed by atoms with Gasteiger partial charge in [-0.25, -0.2) is 0 Å². The van der Waals surface area contributed by atoms with Crippen LogP contribution < -0.4 is 5.32 Å². The maximum Gasteiger partial charge on any atom is 0.225 e. The normalized spacial score (nSPS) is 17.0. The van der Waals surface area contributed by atoms with E-state index in [4.69, 9.17) is 0 Å². The van der Waals surface area contributed by atoms with Crippen molar-refractivity contribution in [1.82, 2.24) is 10.2 Å². The summed E-state index contributed by atoms with van der Waals surface area (Å²) >= 11 is 0. The molecule has 1 aliphatic heterocycles. The first-order chi connectivity index (χ1) is 11.1. The third-order valence-corrected chi connectivity index (χ3v) is 3.95. The number of unbranched alkanes of at least 4 members (excludes halogenated alkanes) is 5. The van der Waals surface area contributed by atoms with Crippen LogP contribution in [0.2, 0.25) is 0 Å². The number of carbonyl (C=O) groups is 2. The molecule has 1 unspecified atom stereocenters. The molecule has 1 aliphatic rings. The highest BCUT2D eigenvalue weighted by molar-refractivity contribution is 5.89. The highest BCUT2D eigenvalue weighted by Gasteiger charge is 2.33. The number of hydrogen-bond acceptors (Lipinski definition) is 2. The van der Waals surface area contributed by atoms with E-state index >= 15 is 0 Å². The molecule has 2 amide bonds. The summed E-state index contributed by atoms with van der Waals surface area (Å²) in [4.78, 5) is 25.7. The third-order valence-electron chi connectivity index (χ3n) is 3.95. The summed E-state index contributed by atoms with van der Waals surface area (Å²) in [5.74, 6) is 0.0754. The molecule has 0 spiro atoms. The van der Waals surface area contributed by atoms with Crippen molar-refractivity contribution in [2.75, 3.05) is 19.6 Å². The van der Waals surface area contributed by atoms with Crippen molar-refractivity contribution in [3.05, 3.63) is 0 Å². The number of hydrogen-bond donors (Lipinski definition) is 1. The molecule has 0 aromatic heterocycles. The fraction of sp³-hybridized carbons (Fsp3) is 0.895. The van der Waals surface area contributed by atoms with Crippen molar-refractivity contribution in [3.8, 4) is 0 Å². The van der Waals surface area contributed by atoms with Crippen LogP contribution in [-0.2, 0) is 9.59 Å². The van der Waals surface area contributed by atoms with Crippen molar-refractivity contribution < 1.29 is 9.59 Å². The monoisotopic (exact) mass is 326 g/mol. The van der Waals surface area contributed by atoms with Gasteiger partial charge >= 0.3 is 0 Å². The number of amides is 2. The van der Waals surface area contributed by atoms with Gasteiger partial charge in [0.1, 0.15) is 0 Å². The minimum atomic E-state index is -0.130. The fourth-order valence-corrected chi connectivity index (χ4v) is 2.60. The molecule has 0 bridgehead atoms. The van der Waals surface area contributed by atoms with Gasteiger partial charge in [-0.2, -0.15) is 0 Å².